The summed E-state index contributed by atoms with van der Waals surface area (Å²) in [6.07, 6.45) is 0.559. The van der Waals surface area contributed by atoms with Gasteiger partial charge >= 0.3 is 0 Å². The Labute approximate surface area is 130 Å². The van der Waals surface area contributed by atoms with Gasteiger partial charge in [0, 0.05) is 25.6 Å². The molecule has 2 rings (SSSR count). The number of rotatable bonds is 5. The van der Waals surface area contributed by atoms with E-state index in [0.29, 0.717) is 23.5 Å². The van der Waals surface area contributed by atoms with Gasteiger partial charge in [-0.05, 0) is 23.3 Å². The van der Waals surface area contributed by atoms with Crippen LogP contribution in [0.1, 0.15) is 21.5 Å². The maximum absolute atomic E-state index is 12.4. The molecule has 0 aromatic heterocycles. The Balaban J connectivity index is 2.03. The van der Waals surface area contributed by atoms with Crippen molar-refractivity contribution in [2.45, 2.75) is 13.0 Å². The van der Waals surface area contributed by atoms with E-state index in [4.69, 9.17) is 18.0 Å². The van der Waals surface area contributed by atoms with Gasteiger partial charge in [0.1, 0.15) is 0 Å². The topological polar surface area (TPSA) is 46.3 Å². The molecule has 2 aromatic rings. The van der Waals surface area contributed by atoms with Gasteiger partial charge in [-0.3, -0.25) is 4.79 Å². The third-order valence-corrected chi connectivity index (χ3v) is 3.33. The smallest absolute Gasteiger partial charge is 0.253 e. The Morgan fingerprint density at radius 3 is 2.24 bits per heavy atom. The highest BCUT2D eigenvalue weighted by atomic mass is 32.1. The summed E-state index contributed by atoms with van der Waals surface area (Å²) >= 11 is 4.88. The Hall–Kier alpha value is -2.20. The molecule has 0 bridgehead atoms. The first-order valence-electron chi connectivity index (χ1n) is 6.73. The van der Waals surface area contributed by atoms with Crippen LogP contribution in [0, 0.1) is 0 Å². The number of amides is 1. The van der Waals surface area contributed by atoms with E-state index in [9.17, 15) is 4.79 Å². The summed E-state index contributed by atoms with van der Waals surface area (Å²) in [5.74, 6) is 0.000674. The minimum absolute atomic E-state index is 0.000674. The molecule has 0 spiro atoms. The van der Waals surface area contributed by atoms with E-state index < -0.39 is 0 Å². The number of carbonyl (C=O) groups excluding carboxylic acids is 1. The number of thiocarbonyl (C=S) groups is 1. The molecule has 0 unspecified atom stereocenters. The van der Waals surface area contributed by atoms with E-state index in [1.807, 2.05) is 54.6 Å². The molecule has 0 aliphatic carbocycles. The van der Waals surface area contributed by atoms with Crippen LogP contribution in [0.25, 0.3) is 0 Å². The molecule has 3 nitrogen and oxygen atoms in total. The van der Waals surface area contributed by atoms with Crippen LogP contribution in [0.3, 0.4) is 0 Å². The first-order valence-corrected chi connectivity index (χ1v) is 7.13. The first kappa shape index (κ1) is 15.2. The minimum Gasteiger partial charge on any atom is -0.393 e. The zero-order valence-corrected chi connectivity index (χ0v) is 12.8. The van der Waals surface area contributed by atoms with Crippen LogP contribution in [-0.2, 0) is 13.0 Å². The maximum Gasteiger partial charge on any atom is 0.253 e. The average Bonchev–Trinajstić information content (AvgIpc) is 2.47. The van der Waals surface area contributed by atoms with E-state index in [0.717, 1.165) is 11.1 Å². The molecule has 2 aromatic carbocycles. The number of nitrogens with zero attached hydrogens (tertiary/aromatic N) is 1. The van der Waals surface area contributed by atoms with Crippen molar-refractivity contribution in [1.29, 1.82) is 0 Å². The largest absolute Gasteiger partial charge is 0.393 e. The Morgan fingerprint density at radius 2 is 1.67 bits per heavy atom. The van der Waals surface area contributed by atoms with E-state index in [2.05, 4.69) is 0 Å². The zero-order valence-electron chi connectivity index (χ0n) is 12.0. The Kier molecular flexibility index (Phi) is 5.06. The molecule has 0 heterocycles. The summed E-state index contributed by atoms with van der Waals surface area (Å²) < 4.78 is 0. The van der Waals surface area contributed by atoms with Gasteiger partial charge in [0.05, 0.1) is 4.99 Å². The molecule has 0 fully saturated rings. The number of hydrogen-bond acceptors (Lipinski definition) is 2. The normalized spacial score (nSPS) is 10.1. The highest BCUT2D eigenvalue weighted by molar-refractivity contribution is 7.80. The summed E-state index contributed by atoms with van der Waals surface area (Å²) in [4.78, 5) is 14.5. The molecule has 2 N–H and O–H groups in total. The number of nitrogens with two attached hydrogens (primary N) is 1. The summed E-state index contributed by atoms with van der Waals surface area (Å²) in [6, 6.07) is 17.3. The molecule has 4 heteroatoms. The minimum atomic E-state index is 0.000674. The predicted octanol–water partition coefficient (Wildman–Crippen LogP) is 2.79. The van der Waals surface area contributed by atoms with Crippen LogP contribution in [0.15, 0.2) is 54.6 Å². The van der Waals surface area contributed by atoms with Crippen molar-refractivity contribution in [3.8, 4) is 0 Å². The van der Waals surface area contributed by atoms with Crippen molar-refractivity contribution in [2.75, 3.05) is 7.05 Å². The summed E-state index contributed by atoms with van der Waals surface area (Å²) in [7, 11) is 1.80. The molecule has 0 aliphatic heterocycles. The van der Waals surface area contributed by atoms with E-state index in [1.165, 1.54) is 0 Å². The summed E-state index contributed by atoms with van der Waals surface area (Å²) in [5.41, 5.74) is 8.31. The quantitative estimate of drug-likeness (QED) is 0.863. The molecular weight excluding hydrogens is 280 g/mol. The van der Waals surface area contributed by atoms with Gasteiger partial charge in [-0.25, -0.2) is 0 Å². The lowest BCUT2D eigenvalue weighted by atomic mass is 10.1. The van der Waals surface area contributed by atoms with Crippen molar-refractivity contribution in [3.63, 3.8) is 0 Å². The van der Waals surface area contributed by atoms with E-state index >= 15 is 0 Å². The Bertz CT molecular complexity index is 623. The van der Waals surface area contributed by atoms with Crippen LogP contribution in [0.2, 0.25) is 0 Å². The average molecular weight is 298 g/mol. The Morgan fingerprint density at radius 1 is 1.05 bits per heavy atom. The fraction of sp³-hybridized carbons (Fsp3) is 0.176. The second-order valence-corrected chi connectivity index (χ2v) is 5.51. The molecular formula is C17H18N2OS. The van der Waals surface area contributed by atoms with Crippen molar-refractivity contribution >= 4 is 23.1 Å². The molecule has 21 heavy (non-hydrogen) atoms. The molecule has 0 saturated heterocycles. The van der Waals surface area contributed by atoms with Crippen molar-refractivity contribution < 1.29 is 4.79 Å². The fourth-order valence-electron chi connectivity index (χ4n) is 2.12. The lowest BCUT2D eigenvalue weighted by Gasteiger charge is -2.17. The van der Waals surface area contributed by atoms with Crippen molar-refractivity contribution in [1.82, 2.24) is 4.90 Å². The lowest BCUT2D eigenvalue weighted by Crippen LogP contribution is -2.26. The third-order valence-electron chi connectivity index (χ3n) is 3.19. The maximum atomic E-state index is 12.4. The summed E-state index contributed by atoms with van der Waals surface area (Å²) in [5, 5.41) is 0. The molecule has 0 radical (unpaired) electrons. The van der Waals surface area contributed by atoms with Crippen LogP contribution >= 0.6 is 12.2 Å². The van der Waals surface area contributed by atoms with Gasteiger partial charge in [-0.15, -0.1) is 0 Å². The van der Waals surface area contributed by atoms with Gasteiger partial charge in [-0.1, -0.05) is 54.7 Å². The molecule has 1 amide bonds. The second-order valence-electron chi connectivity index (χ2n) is 4.99. The van der Waals surface area contributed by atoms with E-state index in [1.54, 1.807) is 11.9 Å². The van der Waals surface area contributed by atoms with Crippen LogP contribution in [-0.4, -0.2) is 22.8 Å². The molecule has 0 atom stereocenters. The number of hydrogen-bond donors (Lipinski definition) is 1. The first-order chi connectivity index (χ1) is 10.1. The number of carbonyl (C=O) groups is 1. The molecule has 0 aliphatic rings. The van der Waals surface area contributed by atoms with Gasteiger partial charge in [0.2, 0.25) is 0 Å². The van der Waals surface area contributed by atoms with Gasteiger partial charge in [0.15, 0.2) is 0 Å². The standard InChI is InChI=1S/C17H18N2OS/c1-19(12-14-5-3-2-4-6-14)17(20)15-9-7-13(8-10-15)11-16(18)21/h2-10H,11-12H2,1H3,(H2,18,21). The predicted molar refractivity (Wildman–Crippen MR) is 89.2 cm³/mol. The highest BCUT2D eigenvalue weighted by Gasteiger charge is 2.11. The van der Waals surface area contributed by atoms with Crippen LogP contribution in [0.5, 0.6) is 0 Å². The third kappa shape index (κ3) is 4.39. The highest BCUT2D eigenvalue weighted by Crippen LogP contribution is 2.10. The zero-order chi connectivity index (χ0) is 15.2. The van der Waals surface area contributed by atoms with Crippen molar-refractivity contribution in [3.05, 3.63) is 71.3 Å². The number of benzene rings is 2. The van der Waals surface area contributed by atoms with Gasteiger partial charge in [-0.2, -0.15) is 0 Å². The van der Waals surface area contributed by atoms with Gasteiger partial charge < -0.3 is 10.6 Å². The summed E-state index contributed by atoms with van der Waals surface area (Å²) in [6.45, 7) is 0.592. The van der Waals surface area contributed by atoms with E-state index in [-0.39, 0.29) is 5.91 Å². The molecule has 0 saturated carbocycles. The van der Waals surface area contributed by atoms with Crippen LogP contribution in [0.4, 0.5) is 0 Å². The SMILES string of the molecule is CN(Cc1ccccc1)C(=O)c1ccc(CC(N)=S)cc1. The van der Waals surface area contributed by atoms with Gasteiger partial charge in [0.25, 0.3) is 5.91 Å². The van der Waals surface area contributed by atoms with Crippen molar-refractivity contribution in [2.24, 2.45) is 5.73 Å². The fourth-order valence-corrected chi connectivity index (χ4v) is 2.28. The lowest BCUT2D eigenvalue weighted by molar-refractivity contribution is 0.0785. The van der Waals surface area contributed by atoms with Crippen LogP contribution < -0.4 is 5.73 Å². The second kappa shape index (κ2) is 6.99. The molecule has 108 valence electrons. The monoisotopic (exact) mass is 298 g/mol.